The molecule has 0 amide bonds. The van der Waals surface area contributed by atoms with Crippen LogP contribution < -0.4 is 0 Å². The van der Waals surface area contributed by atoms with Gasteiger partial charge in [0.25, 0.3) is 0 Å². The van der Waals surface area contributed by atoms with Crippen LogP contribution in [0.15, 0.2) is 48.5 Å². The Morgan fingerprint density at radius 2 is 1.31 bits per heavy atom. The maximum Gasteiger partial charge on any atom is 0.0626 e. The Bertz CT molecular complexity index is 508. The second-order valence-electron chi connectivity index (χ2n) is 3.91. The van der Waals surface area contributed by atoms with Crippen LogP contribution in [-0.2, 0) is 12.8 Å². The van der Waals surface area contributed by atoms with Crippen LogP contribution in [-0.4, -0.2) is 0 Å². The lowest BCUT2D eigenvalue weighted by Gasteiger charge is -2.05. The van der Waals surface area contributed by atoms with E-state index in [0.29, 0.717) is 12.1 Å². The van der Waals surface area contributed by atoms with Crippen molar-refractivity contribution in [3.05, 3.63) is 59.6 Å². The highest BCUT2D eigenvalue weighted by Crippen LogP contribution is 2.21. The highest BCUT2D eigenvalue weighted by atomic mass is 14.0. The van der Waals surface area contributed by atoms with Crippen molar-refractivity contribution in [3.63, 3.8) is 0 Å². The quantitative estimate of drug-likeness (QED) is 0.703. The fourth-order valence-corrected chi connectivity index (χ4v) is 1.80. The van der Waals surface area contributed by atoms with Gasteiger partial charge in [-0.25, -0.2) is 0 Å². The van der Waals surface area contributed by atoms with Crippen LogP contribution >= 0.6 is 0 Å². The molecule has 0 heterocycles. The van der Waals surface area contributed by atoms with Crippen molar-refractivity contribution in [2.45, 2.75) is 26.7 Å². The van der Waals surface area contributed by atoms with E-state index < -0.39 is 0 Å². The molecule has 0 heteroatoms. The van der Waals surface area contributed by atoms with Crippen molar-refractivity contribution >= 4 is 0 Å². The number of hydrogen-bond acceptors (Lipinski definition) is 0. The van der Waals surface area contributed by atoms with Gasteiger partial charge in [-0.3, -0.25) is 0 Å². The Hall–Kier alpha value is -1.56. The van der Waals surface area contributed by atoms with Gasteiger partial charge in [0, 0.05) is 0 Å². The molecule has 0 spiro atoms. The van der Waals surface area contributed by atoms with Crippen LogP contribution in [0.2, 0.25) is 0 Å². The third-order valence-electron chi connectivity index (χ3n) is 2.82. The topological polar surface area (TPSA) is 0 Å². The van der Waals surface area contributed by atoms with E-state index >= 15 is 0 Å². The molecule has 0 unspecified atom stereocenters. The lowest BCUT2D eigenvalue weighted by atomic mass is 10.00. The van der Waals surface area contributed by atoms with Gasteiger partial charge >= 0.3 is 0 Å². The molecular weight excluding hydrogens is 192 g/mol. The van der Waals surface area contributed by atoms with Crippen LogP contribution in [0, 0.1) is 0 Å². The van der Waals surface area contributed by atoms with Crippen molar-refractivity contribution in [2.75, 3.05) is 0 Å². The van der Waals surface area contributed by atoms with Gasteiger partial charge in [-0.1, -0.05) is 62.3 Å². The maximum absolute atomic E-state index is 7.81. The average molecular weight is 212 g/mol. The van der Waals surface area contributed by atoms with E-state index in [9.17, 15) is 0 Å². The van der Waals surface area contributed by atoms with Crippen molar-refractivity contribution < 1.29 is 2.74 Å². The SMILES string of the molecule is [2H]c1ccc(-c2ccc([2H])c(CC)c2)cc1CC. The summed E-state index contributed by atoms with van der Waals surface area (Å²) in [6.45, 7) is 4.14. The summed E-state index contributed by atoms with van der Waals surface area (Å²) in [7, 11) is 0. The zero-order valence-electron chi connectivity index (χ0n) is 11.9. The normalized spacial score (nSPS) is 12.1. The lowest BCUT2D eigenvalue weighted by molar-refractivity contribution is 1.13. The smallest absolute Gasteiger partial charge is 0.0614 e. The van der Waals surface area contributed by atoms with E-state index in [4.69, 9.17) is 2.74 Å². The lowest BCUT2D eigenvalue weighted by Crippen LogP contribution is -1.85. The molecule has 2 aromatic carbocycles. The molecule has 0 saturated carbocycles. The minimum absolute atomic E-state index is 0.606. The summed E-state index contributed by atoms with van der Waals surface area (Å²) < 4.78 is 15.6. The molecule has 0 aliphatic heterocycles. The molecule has 0 N–H and O–H groups in total. The van der Waals surface area contributed by atoms with Gasteiger partial charge in [-0.15, -0.1) is 0 Å². The fraction of sp³-hybridized carbons (Fsp3) is 0.250. The largest absolute Gasteiger partial charge is 0.0626 e. The van der Waals surface area contributed by atoms with Gasteiger partial charge in [0.2, 0.25) is 0 Å². The van der Waals surface area contributed by atoms with Crippen LogP contribution in [0.4, 0.5) is 0 Å². The molecule has 0 nitrogen and oxygen atoms in total. The average Bonchev–Trinajstić information content (AvgIpc) is 2.40. The first-order chi connectivity index (χ1) is 8.65. The zero-order valence-corrected chi connectivity index (χ0v) is 9.88. The summed E-state index contributed by atoms with van der Waals surface area (Å²) >= 11 is 0. The Kier molecular flexibility index (Phi) is 2.67. The molecule has 0 atom stereocenters. The highest BCUT2D eigenvalue weighted by molar-refractivity contribution is 5.64. The molecule has 16 heavy (non-hydrogen) atoms. The second kappa shape index (κ2) is 4.98. The summed E-state index contributed by atoms with van der Waals surface area (Å²) in [6.07, 6.45) is 1.76. The summed E-state index contributed by atoms with van der Waals surface area (Å²) in [5, 5.41) is 0. The van der Waals surface area contributed by atoms with E-state index in [-0.39, 0.29) is 0 Å². The van der Waals surface area contributed by atoms with E-state index in [1.54, 1.807) is 0 Å². The first-order valence-corrected chi connectivity index (χ1v) is 5.85. The molecule has 0 fully saturated rings. The van der Waals surface area contributed by atoms with E-state index in [1.165, 1.54) is 0 Å². The van der Waals surface area contributed by atoms with Gasteiger partial charge in [-0.05, 0) is 35.1 Å². The molecule has 0 aliphatic carbocycles. The van der Waals surface area contributed by atoms with Gasteiger partial charge in [0.1, 0.15) is 0 Å². The molecule has 0 aliphatic rings. The number of aryl methyl sites for hydroxylation is 2. The van der Waals surface area contributed by atoms with Crippen LogP contribution in [0.3, 0.4) is 0 Å². The third-order valence-corrected chi connectivity index (χ3v) is 2.82. The van der Waals surface area contributed by atoms with E-state index in [2.05, 4.69) is 26.0 Å². The Balaban J connectivity index is 2.48. The molecule has 0 saturated heterocycles. The molecule has 0 bridgehead atoms. The Morgan fingerprint density at radius 3 is 1.69 bits per heavy atom. The Labute approximate surface area is 101 Å². The standard InChI is InChI=1S/C16H18/c1-3-13-7-5-9-15(11-13)16-10-6-8-14(4-2)12-16/h5-12H,3-4H2,1-2H3/i7D,8D. The van der Waals surface area contributed by atoms with E-state index in [1.807, 2.05) is 24.3 Å². The van der Waals surface area contributed by atoms with Crippen LogP contribution in [0.1, 0.15) is 27.7 Å². The second-order valence-corrected chi connectivity index (χ2v) is 3.91. The van der Waals surface area contributed by atoms with Crippen molar-refractivity contribution in [2.24, 2.45) is 0 Å². The minimum Gasteiger partial charge on any atom is -0.0614 e. The first kappa shape index (κ1) is 8.58. The number of rotatable bonds is 3. The van der Waals surface area contributed by atoms with Gasteiger partial charge < -0.3 is 0 Å². The third kappa shape index (κ3) is 2.33. The number of hydrogen-bond donors (Lipinski definition) is 0. The van der Waals surface area contributed by atoms with Gasteiger partial charge in [0.05, 0.1) is 2.74 Å². The molecule has 2 aromatic rings. The van der Waals surface area contributed by atoms with Gasteiger partial charge in [-0.2, -0.15) is 0 Å². The van der Waals surface area contributed by atoms with Crippen molar-refractivity contribution in [1.82, 2.24) is 0 Å². The van der Waals surface area contributed by atoms with Gasteiger partial charge in [0.15, 0.2) is 0 Å². The predicted octanol–water partition coefficient (Wildman–Crippen LogP) is 4.48. The fourth-order valence-electron chi connectivity index (χ4n) is 1.80. The predicted molar refractivity (Wildman–Crippen MR) is 70.6 cm³/mol. The first-order valence-electron chi connectivity index (χ1n) is 6.85. The molecule has 2 rings (SSSR count). The summed E-state index contributed by atoms with van der Waals surface area (Å²) in [6, 6.07) is 13.1. The van der Waals surface area contributed by atoms with Crippen LogP contribution in [0.5, 0.6) is 0 Å². The minimum atomic E-state index is 0.606. The molecule has 82 valence electrons. The number of benzene rings is 2. The summed E-state index contributed by atoms with van der Waals surface area (Å²) in [5.74, 6) is 0. The molecular formula is C16H18. The highest BCUT2D eigenvalue weighted by Gasteiger charge is 1.99. The Morgan fingerprint density at radius 1 is 0.875 bits per heavy atom. The van der Waals surface area contributed by atoms with E-state index in [0.717, 1.165) is 35.1 Å². The monoisotopic (exact) mass is 212 g/mol. The molecule has 0 aromatic heterocycles. The summed E-state index contributed by atoms with van der Waals surface area (Å²) in [4.78, 5) is 0. The molecule has 0 radical (unpaired) electrons. The zero-order chi connectivity index (χ0) is 13.1. The van der Waals surface area contributed by atoms with Crippen LogP contribution in [0.25, 0.3) is 11.1 Å². The van der Waals surface area contributed by atoms with Crippen molar-refractivity contribution in [3.8, 4) is 11.1 Å². The summed E-state index contributed by atoms with van der Waals surface area (Å²) in [5.41, 5.74) is 4.41. The maximum atomic E-state index is 7.81. The van der Waals surface area contributed by atoms with Crippen molar-refractivity contribution in [1.29, 1.82) is 0 Å².